The number of ether oxygens (including phenoxy) is 1. The van der Waals surface area contributed by atoms with Crippen molar-refractivity contribution in [1.82, 2.24) is 15.0 Å². The lowest BCUT2D eigenvalue weighted by atomic mass is 10.2. The third kappa shape index (κ3) is 3.82. The Labute approximate surface area is 146 Å². The molecule has 0 radical (unpaired) electrons. The van der Waals surface area contributed by atoms with Gasteiger partial charge in [-0.1, -0.05) is 0 Å². The number of rotatable bonds is 3. The number of thiophene rings is 1. The van der Waals surface area contributed by atoms with Crippen molar-refractivity contribution in [3.63, 3.8) is 0 Å². The second kappa shape index (κ2) is 6.31. The van der Waals surface area contributed by atoms with Gasteiger partial charge in [0, 0.05) is 11.4 Å². The fourth-order valence-corrected chi connectivity index (χ4v) is 2.67. The Morgan fingerprint density at radius 3 is 2.15 bits per heavy atom. The van der Waals surface area contributed by atoms with Crippen molar-refractivity contribution in [2.24, 2.45) is 0 Å². The first-order chi connectivity index (χ1) is 12.0. The minimum absolute atomic E-state index is 0.0450. The van der Waals surface area contributed by atoms with Crippen LogP contribution in [0.15, 0.2) is 35.7 Å². The molecule has 26 heavy (non-hydrogen) atoms. The van der Waals surface area contributed by atoms with Gasteiger partial charge in [0.15, 0.2) is 0 Å². The van der Waals surface area contributed by atoms with Crippen LogP contribution < -0.4 is 4.74 Å². The zero-order chi connectivity index (χ0) is 19.1. The summed E-state index contributed by atoms with van der Waals surface area (Å²) in [5.74, 6) is -0.0960. The lowest BCUT2D eigenvalue weighted by molar-refractivity contribution is -0.137. The molecule has 0 spiro atoms. The lowest BCUT2D eigenvalue weighted by Crippen LogP contribution is -2.05. The second-order valence-corrected chi connectivity index (χ2v) is 6.08. The van der Waals surface area contributed by atoms with Gasteiger partial charge in [0.05, 0.1) is 11.3 Å². The molecule has 0 bridgehead atoms. The van der Waals surface area contributed by atoms with Crippen molar-refractivity contribution in [3.8, 4) is 17.3 Å². The quantitative estimate of drug-likeness (QED) is 0.554. The van der Waals surface area contributed by atoms with E-state index < -0.39 is 22.8 Å². The molecule has 0 unspecified atom stereocenters. The molecule has 0 aliphatic carbocycles. The van der Waals surface area contributed by atoms with Gasteiger partial charge < -0.3 is 4.74 Å². The SMILES string of the molecule is Cc1nn(-c2ccc(C(F)(F)F)cc2)nc1Oc1csc(C(F)(F)F)c1. The number of alkyl halides is 6. The van der Waals surface area contributed by atoms with Crippen LogP contribution in [0.1, 0.15) is 16.1 Å². The number of hydrogen-bond donors (Lipinski definition) is 0. The molecule has 3 rings (SSSR count). The summed E-state index contributed by atoms with van der Waals surface area (Å²) < 4.78 is 80.9. The monoisotopic (exact) mass is 393 g/mol. The highest BCUT2D eigenvalue weighted by Crippen LogP contribution is 2.38. The van der Waals surface area contributed by atoms with Gasteiger partial charge in [0.25, 0.3) is 5.88 Å². The summed E-state index contributed by atoms with van der Waals surface area (Å²) in [6.07, 6.45) is -8.94. The summed E-state index contributed by atoms with van der Waals surface area (Å²) in [4.78, 5) is 0.224. The maximum atomic E-state index is 12.6. The van der Waals surface area contributed by atoms with Crippen molar-refractivity contribution in [1.29, 1.82) is 0 Å². The average molecular weight is 393 g/mol. The van der Waals surface area contributed by atoms with E-state index in [4.69, 9.17) is 4.74 Å². The molecule has 0 N–H and O–H groups in total. The first kappa shape index (κ1) is 18.2. The van der Waals surface area contributed by atoms with Gasteiger partial charge in [0.1, 0.15) is 16.3 Å². The van der Waals surface area contributed by atoms with Crippen LogP contribution in [0.5, 0.6) is 11.6 Å². The third-order valence-corrected chi connectivity index (χ3v) is 4.19. The van der Waals surface area contributed by atoms with Gasteiger partial charge in [-0.3, -0.25) is 0 Å². The first-order valence-corrected chi connectivity index (χ1v) is 7.87. The normalized spacial score (nSPS) is 12.4. The van der Waals surface area contributed by atoms with Crippen LogP contribution in [0, 0.1) is 6.92 Å². The largest absolute Gasteiger partial charge is 0.435 e. The van der Waals surface area contributed by atoms with E-state index in [0.29, 0.717) is 11.3 Å². The van der Waals surface area contributed by atoms with Gasteiger partial charge in [-0.15, -0.1) is 26.3 Å². The van der Waals surface area contributed by atoms with E-state index in [-0.39, 0.29) is 23.0 Å². The Hall–Kier alpha value is -2.56. The Kier molecular flexibility index (Phi) is 4.42. The van der Waals surface area contributed by atoms with Crippen molar-refractivity contribution < 1.29 is 31.1 Å². The number of benzene rings is 1. The molecular formula is C15H9F6N3OS. The Bertz CT molecular complexity index is 911. The molecule has 0 saturated heterocycles. The van der Waals surface area contributed by atoms with E-state index in [1.807, 2.05) is 0 Å². The maximum Gasteiger partial charge on any atom is 0.425 e. The molecule has 1 aromatic carbocycles. The van der Waals surface area contributed by atoms with E-state index in [1.54, 1.807) is 0 Å². The standard InChI is InChI=1S/C15H9F6N3OS/c1-8-13(25-11-6-12(26-7-11)15(19,20)21)23-24(22-8)10-4-2-9(3-5-10)14(16,17)18/h2-7H,1H3. The Balaban J connectivity index is 1.82. The van der Waals surface area contributed by atoms with Gasteiger partial charge in [0.2, 0.25) is 0 Å². The molecule has 11 heteroatoms. The van der Waals surface area contributed by atoms with E-state index in [2.05, 4.69) is 10.2 Å². The molecule has 0 aliphatic heterocycles. The van der Waals surface area contributed by atoms with Crippen LogP contribution >= 0.6 is 11.3 Å². The van der Waals surface area contributed by atoms with Crippen LogP contribution in [0.2, 0.25) is 0 Å². The highest BCUT2D eigenvalue weighted by atomic mass is 32.1. The van der Waals surface area contributed by atoms with E-state index >= 15 is 0 Å². The average Bonchev–Trinajstić information content (AvgIpc) is 3.14. The van der Waals surface area contributed by atoms with Crippen molar-refractivity contribution in [2.45, 2.75) is 19.3 Å². The molecule has 0 amide bonds. The smallest absolute Gasteiger partial charge is 0.425 e. The van der Waals surface area contributed by atoms with Crippen molar-refractivity contribution in [3.05, 3.63) is 51.8 Å². The molecule has 0 saturated carbocycles. The van der Waals surface area contributed by atoms with Gasteiger partial charge in [-0.25, -0.2) is 0 Å². The number of halogens is 6. The number of hydrogen-bond acceptors (Lipinski definition) is 4. The van der Waals surface area contributed by atoms with Gasteiger partial charge >= 0.3 is 12.4 Å². The lowest BCUT2D eigenvalue weighted by Gasteiger charge is -2.06. The van der Waals surface area contributed by atoms with Crippen LogP contribution in [-0.4, -0.2) is 15.0 Å². The fraction of sp³-hybridized carbons (Fsp3) is 0.200. The summed E-state index contributed by atoms with van der Waals surface area (Å²) in [5.41, 5.74) is -0.304. The molecule has 4 nitrogen and oxygen atoms in total. The van der Waals surface area contributed by atoms with Crippen LogP contribution in [0.3, 0.4) is 0 Å². The summed E-state index contributed by atoms with van der Waals surface area (Å²) in [7, 11) is 0. The zero-order valence-electron chi connectivity index (χ0n) is 12.9. The third-order valence-electron chi connectivity index (χ3n) is 3.23. The topological polar surface area (TPSA) is 39.9 Å². The summed E-state index contributed by atoms with van der Waals surface area (Å²) in [6, 6.07) is 4.95. The molecule has 0 atom stereocenters. The van der Waals surface area contributed by atoms with Gasteiger partial charge in [-0.05, 0) is 31.2 Å². The Morgan fingerprint density at radius 1 is 0.962 bits per heavy atom. The molecule has 138 valence electrons. The van der Waals surface area contributed by atoms with E-state index in [1.165, 1.54) is 24.4 Å². The molecule has 2 aromatic heterocycles. The minimum atomic E-state index is -4.47. The first-order valence-electron chi connectivity index (χ1n) is 6.99. The highest BCUT2D eigenvalue weighted by Gasteiger charge is 2.33. The Morgan fingerprint density at radius 2 is 1.62 bits per heavy atom. The second-order valence-electron chi connectivity index (χ2n) is 5.17. The van der Waals surface area contributed by atoms with Gasteiger partial charge in [-0.2, -0.15) is 26.3 Å². The summed E-state index contributed by atoms with van der Waals surface area (Å²) >= 11 is 0.477. The van der Waals surface area contributed by atoms with E-state index in [0.717, 1.165) is 23.0 Å². The summed E-state index contributed by atoms with van der Waals surface area (Å²) in [5, 5.41) is 9.15. The molecule has 3 aromatic rings. The molecule has 2 heterocycles. The van der Waals surface area contributed by atoms with Crippen molar-refractivity contribution >= 4 is 11.3 Å². The number of aryl methyl sites for hydroxylation is 1. The van der Waals surface area contributed by atoms with Crippen LogP contribution in [0.25, 0.3) is 5.69 Å². The van der Waals surface area contributed by atoms with Crippen molar-refractivity contribution in [2.75, 3.05) is 0 Å². The predicted octanol–water partition coefficient (Wildman–Crippen LogP) is 5.47. The molecule has 0 aliphatic rings. The fourth-order valence-electron chi connectivity index (χ4n) is 1.99. The zero-order valence-corrected chi connectivity index (χ0v) is 13.7. The minimum Gasteiger partial charge on any atom is -0.435 e. The highest BCUT2D eigenvalue weighted by molar-refractivity contribution is 7.10. The summed E-state index contributed by atoms with van der Waals surface area (Å²) in [6.45, 7) is 1.51. The molecular weight excluding hydrogens is 384 g/mol. The molecule has 0 fully saturated rings. The number of aromatic nitrogens is 3. The van der Waals surface area contributed by atoms with Crippen LogP contribution in [0.4, 0.5) is 26.3 Å². The maximum absolute atomic E-state index is 12.6. The number of nitrogens with zero attached hydrogens (tertiary/aromatic N) is 3. The predicted molar refractivity (Wildman–Crippen MR) is 80.5 cm³/mol. The van der Waals surface area contributed by atoms with E-state index in [9.17, 15) is 26.3 Å². The van der Waals surface area contributed by atoms with Crippen LogP contribution in [-0.2, 0) is 12.4 Å².